The molecule has 1 aromatic carbocycles. The molecule has 1 fully saturated rings. The molecule has 0 unspecified atom stereocenters. The first-order valence-corrected chi connectivity index (χ1v) is 10.0. The molecule has 6 nitrogen and oxygen atoms in total. The van der Waals surface area contributed by atoms with E-state index in [2.05, 4.69) is 15.0 Å². The number of benzene rings is 1. The molecule has 1 aliphatic heterocycles. The summed E-state index contributed by atoms with van der Waals surface area (Å²) in [5.41, 5.74) is 2.38. The third-order valence-electron chi connectivity index (χ3n) is 5.38. The summed E-state index contributed by atoms with van der Waals surface area (Å²) in [6.45, 7) is 0.765. The summed E-state index contributed by atoms with van der Waals surface area (Å²) >= 11 is 0. The summed E-state index contributed by atoms with van der Waals surface area (Å²) < 4.78 is 0. The second-order valence-electron chi connectivity index (χ2n) is 7.36. The summed E-state index contributed by atoms with van der Waals surface area (Å²) in [5, 5.41) is 9.44. The minimum Gasteiger partial charge on any atom is -0.508 e. The molecule has 1 saturated heterocycles. The fourth-order valence-corrected chi connectivity index (χ4v) is 3.80. The van der Waals surface area contributed by atoms with Gasteiger partial charge in [-0.3, -0.25) is 9.78 Å². The number of carbonyl (C=O) groups excluding carboxylic acids is 1. The Kier molecular flexibility index (Phi) is 5.79. The normalized spacial score (nSPS) is 16.6. The lowest BCUT2D eigenvalue weighted by molar-refractivity contribution is 0.0601. The maximum atomic E-state index is 13.1. The van der Waals surface area contributed by atoms with E-state index < -0.39 is 0 Å². The van der Waals surface area contributed by atoms with E-state index in [0.29, 0.717) is 17.1 Å². The van der Waals surface area contributed by atoms with Crippen LogP contribution >= 0.6 is 0 Å². The Labute approximate surface area is 170 Å². The van der Waals surface area contributed by atoms with Crippen LogP contribution in [0.1, 0.15) is 41.6 Å². The van der Waals surface area contributed by atoms with Crippen molar-refractivity contribution < 1.29 is 9.90 Å². The number of hydrogen-bond acceptors (Lipinski definition) is 5. The van der Waals surface area contributed by atoms with Crippen LogP contribution in [0.3, 0.4) is 0 Å². The number of carbonyl (C=O) groups is 1. The first kappa shape index (κ1) is 19.1. The minimum atomic E-state index is -0.00650. The third kappa shape index (κ3) is 4.59. The minimum absolute atomic E-state index is 0.00650. The van der Waals surface area contributed by atoms with Crippen molar-refractivity contribution in [3.8, 4) is 17.3 Å². The van der Waals surface area contributed by atoms with Crippen molar-refractivity contribution in [2.75, 3.05) is 6.54 Å². The molecule has 1 N–H and O–H groups in total. The Balaban J connectivity index is 1.44. The molecule has 3 heterocycles. The summed E-state index contributed by atoms with van der Waals surface area (Å²) in [4.78, 5) is 28.0. The molecule has 4 rings (SSSR count). The average Bonchev–Trinajstić information content (AvgIpc) is 2.79. The third-order valence-corrected chi connectivity index (χ3v) is 5.38. The molecule has 1 aliphatic rings. The molecule has 0 spiro atoms. The van der Waals surface area contributed by atoms with Crippen molar-refractivity contribution in [3.63, 3.8) is 0 Å². The van der Waals surface area contributed by atoms with Crippen LogP contribution < -0.4 is 0 Å². The number of hydrogen-bond donors (Lipinski definition) is 1. The molecule has 0 aliphatic carbocycles. The number of rotatable bonds is 5. The maximum Gasteiger partial charge on any atom is 0.257 e. The van der Waals surface area contributed by atoms with Crippen LogP contribution in [-0.2, 0) is 6.42 Å². The highest BCUT2D eigenvalue weighted by atomic mass is 16.3. The zero-order valence-electron chi connectivity index (χ0n) is 16.2. The van der Waals surface area contributed by atoms with Gasteiger partial charge in [-0.05, 0) is 61.9 Å². The first-order chi connectivity index (χ1) is 14.2. The Bertz CT molecular complexity index is 943. The Morgan fingerprint density at radius 2 is 1.83 bits per heavy atom. The molecule has 0 saturated carbocycles. The summed E-state index contributed by atoms with van der Waals surface area (Å²) in [6, 6.07) is 13.1. The van der Waals surface area contributed by atoms with E-state index in [1.54, 1.807) is 30.7 Å². The van der Waals surface area contributed by atoms with Crippen molar-refractivity contribution in [1.29, 1.82) is 0 Å². The second kappa shape index (κ2) is 8.82. The quantitative estimate of drug-likeness (QED) is 0.718. The van der Waals surface area contributed by atoms with Gasteiger partial charge in [0.1, 0.15) is 11.4 Å². The average molecular weight is 388 g/mol. The van der Waals surface area contributed by atoms with E-state index in [9.17, 15) is 9.90 Å². The van der Waals surface area contributed by atoms with Gasteiger partial charge >= 0.3 is 0 Å². The maximum absolute atomic E-state index is 13.1. The largest absolute Gasteiger partial charge is 0.508 e. The molecule has 148 valence electrons. The van der Waals surface area contributed by atoms with Gasteiger partial charge in [-0.25, -0.2) is 9.97 Å². The molecular formula is C23H24N4O2. The van der Waals surface area contributed by atoms with Crippen LogP contribution in [0.4, 0.5) is 0 Å². The van der Waals surface area contributed by atoms with Crippen LogP contribution in [0, 0.1) is 0 Å². The SMILES string of the molecule is O=C(c1cnc(-c2ccccn2)nc1)N1CCCC[C@@H]1CCc1ccc(O)cc1. The van der Waals surface area contributed by atoms with Crippen LogP contribution in [0.2, 0.25) is 0 Å². The lowest BCUT2D eigenvalue weighted by Gasteiger charge is -2.36. The number of aryl methyl sites for hydroxylation is 1. The van der Waals surface area contributed by atoms with Gasteiger partial charge in [0.15, 0.2) is 5.82 Å². The molecule has 6 heteroatoms. The number of aromatic hydroxyl groups is 1. The number of phenolic OH excluding ortho intramolecular Hbond substituents is 1. The van der Waals surface area contributed by atoms with Gasteiger partial charge < -0.3 is 10.0 Å². The summed E-state index contributed by atoms with van der Waals surface area (Å²) in [7, 11) is 0. The first-order valence-electron chi connectivity index (χ1n) is 10.0. The molecule has 1 amide bonds. The van der Waals surface area contributed by atoms with E-state index in [-0.39, 0.29) is 17.7 Å². The predicted octanol–water partition coefficient (Wildman–Crippen LogP) is 3.87. The van der Waals surface area contributed by atoms with E-state index in [1.165, 1.54) is 5.56 Å². The Hall–Kier alpha value is -3.28. The number of phenols is 1. The predicted molar refractivity (Wildman–Crippen MR) is 110 cm³/mol. The summed E-state index contributed by atoms with van der Waals surface area (Å²) in [5.74, 6) is 0.787. The van der Waals surface area contributed by atoms with Crippen LogP contribution in [0.15, 0.2) is 61.1 Å². The number of nitrogens with zero attached hydrogens (tertiary/aromatic N) is 4. The van der Waals surface area contributed by atoms with Crippen LogP contribution in [0.5, 0.6) is 5.75 Å². The van der Waals surface area contributed by atoms with E-state index in [1.807, 2.05) is 35.2 Å². The number of aromatic nitrogens is 3. The van der Waals surface area contributed by atoms with Crippen molar-refractivity contribution in [3.05, 3.63) is 72.2 Å². The smallest absolute Gasteiger partial charge is 0.257 e. The lowest BCUT2D eigenvalue weighted by Crippen LogP contribution is -2.44. The zero-order chi connectivity index (χ0) is 20.1. The molecular weight excluding hydrogens is 364 g/mol. The van der Waals surface area contributed by atoms with Crippen molar-refractivity contribution in [2.24, 2.45) is 0 Å². The highest BCUT2D eigenvalue weighted by Gasteiger charge is 2.27. The monoisotopic (exact) mass is 388 g/mol. The molecule has 29 heavy (non-hydrogen) atoms. The van der Waals surface area contributed by atoms with E-state index in [4.69, 9.17) is 0 Å². The van der Waals surface area contributed by atoms with Gasteiger partial charge in [0.25, 0.3) is 5.91 Å². The van der Waals surface area contributed by atoms with E-state index in [0.717, 1.165) is 38.6 Å². The molecule has 1 atom stereocenters. The number of likely N-dealkylation sites (tertiary alicyclic amines) is 1. The summed E-state index contributed by atoms with van der Waals surface area (Å²) in [6.07, 6.45) is 9.86. The lowest BCUT2D eigenvalue weighted by atomic mass is 9.95. The highest BCUT2D eigenvalue weighted by Crippen LogP contribution is 2.24. The van der Waals surface area contributed by atoms with Gasteiger partial charge in [-0.2, -0.15) is 0 Å². The number of pyridine rings is 1. The molecule has 0 bridgehead atoms. The fraction of sp³-hybridized carbons (Fsp3) is 0.304. The highest BCUT2D eigenvalue weighted by molar-refractivity contribution is 5.94. The standard InChI is InChI=1S/C23H24N4O2/c28-20-11-8-17(9-12-20)7-10-19-5-2-4-14-27(19)23(29)18-15-25-22(26-16-18)21-6-1-3-13-24-21/h1,3,6,8-9,11-13,15-16,19,28H,2,4-5,7,10,14H2/t19-/m1/s1. The van der Waals surface area contributed by atoms with Crippen molar-refractivity contribution in [1.82, 2.24) is 19.9 Å². The number of amides is 1. The van der Waals surface area contributed by atoms with Gasteiger partial charge in [-0.15, -0.1) is 0 Å². The Morgan fingerprint density at radius 1 is 1.03 bits per heavy atom. The molecule has 2 aromatic heterocycles. The number of piperidine rings is 1. The van der Waals surface area contributed by atoms with Gasteiger partial charge in [0.2, 0.25) is 0 Å². The van der Waals surface area contributed by atoms with Gasteiger partial charge in [0, 0.05) is 31.2 Å². The zero-order valence-corrected chi connectivity index (χ0v) is 16.2. The fourth-order valence-electron chi connectivity index (χ4n) is 3.80. The van der Waals surface area contributed by atoms with Crippen LogP contribution in [0.25, 0.3) is 11.5 Å². The second-order valence-corrected chi connectivity index (χ2v) is 7.36. The molecule has 3 aromatic rings. The molecule has 0 radical (unpaired) electrons. The van der Waals surface area contributed by atoms with Gasteiger partial charge in [-0.1, -0.05) is 18.2 Å². The Morgan fingerprint density at radius 3 is 2.55 bits per heavy atom. The van der Waals surface area contributed by atoms with Crippen molar-refractivity contribution >= 4 is 5.91 Å². The van der Waals surface area contributed by atoms with E-state index >= 15 is 0 Å². The topological polar surface area (TPSA) is 79.2 Å². The van der Waals surface area contributed by atoms with Crippen LogP contribution in [-0.4, -0.2) is 43.5 Å². The van der Waals surface area contributed by atoms with Gasteiger partial charge in [0.05, 0.1) is 5.56 Å². The van der Waals surface area contributed by atoms with Crippen molar-refractivity contribution in [2.45, 2.75) is 38.1 Å².